The molecule has 0 fully saturated rings. The summed E-state index contributed by atoms with van der Waals surface area (Å²) in [6.07, 6.45) is 7.80. The highest BCUT2D eigenvalue weighted by molar-refractivity contribution is 6.85. The first-order valence-corrected chi connectivity index (χ1v) is 19.9. The Morgan fingerprint density at radius 1 is 0.792 bits per heavy atom. The maximum absolute atomic E-state index is 6.59. The van der Waals surface area contributed by atoms with E-state index in [4.69, 9.17) is 16.8 Å². The summed E-state index contributed by atoms with van der Waals surface area (Å²) in [6, 6.07) is 1.06. The molecule has 0 rings (SSSR count). The predicted octanol–water partition coefficient (Wildman–Crippen LogP) is 5.04. The first-order valence-electron chi connectivity index (χ1n) is 9.78. The van der Waals surface area contributed by atoms with Crippen LogP contribution in [0, 0.1) is 0 Å². The van der Waals surface area contributed by atoms with Crippen molar-refractivity contribution in [2.75, 3.05) is 6.61 Å². The van der Waals surface area contributed by atoms with E-state index < -0.39 is 35.4 Å². The van der Waals surface area contributed by atoms with Crippen LogP contribution in [0.3, 0.4) is 0 Å². The fraction of sp³-hybridized carbons (Fsp3) is 1.00. The number of hydrogen-bond donors (Lipinski definition) is 0. The Morgan fingerprint density at radius 2 is 1.38 bits per heavy atom. The summed E-state index contributed by atoms with van der Waals surface area (Å²) in [4.78, 5) is 0. The van der Waals surface area contributed by atoms with E-state index in [2.05, 4.69) is 46.2 Å². The Hall–Kier alpha value is 0.708. The predicted molar refractivity (Wildman–Crippen MR) is 114 cm³/mol. The van der Waals surface area contributed by atoms with Crippen molar-refractivity contribution in [2.45, 2.75) is 97.7 Å². The quantitative estimate of drug-likeness (QED) is 0.280. The number of unbranched alkanes of at least 4 members (excludes halogenated alkanes) is 5. The first-order chi connectivity index (χ1) is 11.1. The van der Waals surface area contributed by atoms with E-state index in [-0.39, 0.29) is 0 Å². The normalized spacial score (nSPS) is 18.0. The molecule has 0 saturated heterocycles. The van der Waals surface area contributed by atoms with Crippen molar-refractivity contribution in [1.82, 2.24) is 0 Å². The molecule has 2 unspecified atom stereocenters. The summed E-state index contributed by atoms with van der Waals surface area (Å²) in [7, 11) is -7.03. The maximum atomic E-state index is 6.59. The summed E-state index contributed by atoms with van der Waals surface area (Å²) in [6.45, 7) is 18.0. The van der Waals surface area contributed by atoms with Gasteiger partial charge >= 0.3 is 17.4 Å². The van der Waals surface area contributed by atoms with Gasteiger partial charge in [0, 0.05) is 13.2 Å². The van der Waals surface area contributed by atoms with Gasteiger partial charge in [0.2, 0.25) is 0 Å². The Bertz CT molecular complexity index is 328. The molecular formula is C16H42O4Si4. The van der Waals surface area contributed by atoms with Crippen LogP contribution in [0.15, 0.2) is 0 Å². The average Bonchev–Trinajstić information content (AvgIpc) is 2.40. The van der Waals surface area contributed by atoms with Crippen LogP contribution < -0.4 is 0 Å². The van der Waals surface area contributed by atoms with Gasteiger partial charge < -0.3 is 16.8 Å². The fourth-order valence-electron chi connectivity index (χ4n) is 2.97. The van der Waals surface area contributed by atoms with Gasteiger partial charge in [0.1, 0.15) is 9.76 Å². The standard InChI is InChI=1S/C16H42O4Si4/c1-9-11-12-13-14-15-16-23(7,18-21-3)20-24(8,17-10-2)19-22(4,5)6/h9-16,21H2,1-8H3. The number of hydrogen-bond acceptors (Lipinski definition) is 4. The van der Waals surface area contributed by atoms with E-state index in [1.807, 2.05) is 6.92 Å². The van der Waals surface area contributed by atoms with Gasteiger partial charge in [0.05, 0.1) is 0 Å². The van der Waals surface area contributed by atoms with E-state index in [1.54, 1.807) is 0 Å². The molecule has 0 N–H and O–H groups in total. The van der Waals surface area contributed by atoms with Gasteiger partial charge in [-0.15, -0.1) is 0 Å². The van der Waals surface area contributed by atoms with Crippen LogP contribution in [-0.4, -0.2) is 42.1 Å². The Labute approximate surface area is 156 Å². The van der Waals surface area contributed by atoms with Crippen LogP contribution in [0.5, 0.6) is 0 Å². The highest BCUT2D eigenvalue weighted by Gasteiger charge is 2.46. The smallest absolute Gasteiger partial charge is 0.442 e. The van der Waals surface area contributed by atoms with E-state index in [9.17, 15) is 0 Å². The molecule has 0 saturated carbocycles. The zero-order valence-corrected chi connectivity index (χ0v) is 21.9. The third kappa shape index (κ3) is 12.1. The summed E-state index contributed by atoms with van der Waals surface area (Å²) in [5.74, 6) is 0. The van der Waals surface area contributed by atoms with E-state index >= 15 is 0 Å². The summed E-state index contributed by atoms with van der Waals surface area (Å²) >= 11 is 0. The molecule has 146 valence electrons. The second kappa shape index (κ2) is 12.2. The van der Waals surface area contributed by atoms with Gasteiger partial charge in [-0.2, -0.15) is 0 Å². The van der Waals surface area contributed by atoms with Crippen LogP contribution in [0.4, 0.5) is 0 Å². The highest BCUT2D eigenvalue weighted by atomic mass is 28.5. The molecule has 0 aromatic heterocycles. The van der Waals surface area contributed by atoms with Gasteiger partial charge in [0.25, 0.3) is 0 Å². The molecule has 0 heterocycles. The van der Waals surface area contributed by atoms with Gasteiger partial charge in [-0.25, -0.2) is 0 Å². The van der Waals surface area contributed by atoms with E-state index in [1.165, 1.54) is 38.5 Å². The zero-order chi connectivity index (χ0) is 18.7. The monoisotopic (exact) mass is 410 g/mol. The molecule has 0 bridgehead atoms. The van der Waals surface area contributed by atoms with Gasteiger partial charge in [-0.1, -0.05) is 52.0 Å². The molecule has 4 nitrogen and oxygen atoms in total. The topological polar surface area (TPSA) is 36.9 Å². The lowest BCUT2D eigenvalue weighted by molar-refractivity contribution is 0.163. The molecule has 0 radical (unpaired) electrons. The molecule has 8 heteroatoms. The van der Waals surface area contributed by atoms with Crippen molar-refractivity contribution in [1.29, 1.82) is 0 Å². The van der Waals surface area contributed by atoms with Crippen molar-refractivity contribution in [3.63, 3.8) is 0 Å². The molecular weight excluding hydrogens is 369 g/mol. The summed E-state index contributed by atoms with van der Waals surface area (Å²) < 4.78 is 25.2. The van der Waals surface area contributed by atoms with Crippen LogP contribution >= 0.6 is 0 Å². The van der Waals surface area contributed by atoms with Crippen LogP contribution in [0.2, 0.25) is 45.3 Å². The van der Waals surface area contributed by atoms with Crippen LogP contribution in [0.1, 0.15) is 52.4 Å². The number of rotatable bonds is 15. The Kier molecular flexibility index (Phi) is 12.5. The van der Waals surface area contributed by atoms with E-state index in [0.717, 1.165) is 6.04 Å². The Balaban J connectivity index is 4.72. The third-order valence-electron chi connectivity index (χ3n) is 3.73. The Morgan fingerprint density at radius 3 is 1.88 bits per heavy atom. The zero-order valence-electron chi connectivity index (χ0n) is 17.5. The average molecular weight is 411 g/mol. The second-order valence-corrected chi connectivity index (χ2v) is 20.1. The summed E-state index contributed by atoms with van der Waals surface area (Å²) in [5.41, 5.74) is 0. The van der Waals surface area contributed by atoms with Crippen LogP contribution in [0.25, 0.3) is 0 Å². The minimum Gasteiger partial charge on any atom is -0.442 e. The molecule has 0 amide bonds. The molecule has 0 aliphatic heterocycles. The van der Waals surface area contributed by atoms with Gasteiger partial charge in [-0.3, -0.25) is 0 Å². The van der Waals surface area contributed by atoms with Crippen LogP contribution in [-0.2, 0) is 16.8 Å². The molecule has 24 heavy (non-hydrogen) atoms. The second-order valence-electron chi connectivity index (χ2n) is 7.70. The van der Waals surface area contributed by atoms with E-state index in [0.29, 0.717) is 6.61 Å². The first kappa shape index (κ1) is 24.7. The largest absolute Gasteiger partial charge is 0.478 e. The van der Waals surface area contributed by atoms with Crippen molar-refractivity contribution in [3.8, 4) is 0 Å². The summed E-state index contributed by atoms with van der Waals surface area (Å²) in [5, 5.41) is 0. The molecule has 0 aliphatic carbocycles. The molecule has 0 aliphatic rings. The fourth-order valence-corrected chi connectivity index (χ4v) is 17.2. The molecule has 2 atom stereocenters. The van der Waals surface area contributed by atoms with Gasteiger partial charge in [0.15, 0.2) is 8.32 Å². The lowest BCUT2D eigenvalue weighted by atomic mass is 10.1. The molecule has 0 aromatic carbocycles. The van der Waals surface area contributed by atoms with Crippen molar-refractivity contribution >= 4 is 35.4 Å². The molecule has 0 spiro atoms. The maximum Gasteiger partial charge on any atom is 0.478 e. The van der Waals surface area contributed by atoms with Crippen molar-refractivity contribution in [2.24, 2.45) is 0 Å². The lowest BCUT2D eigenvalue weighted by Crippen LogP contribution is -2.57. The lowest BCUT2D eigenvalue weighted by Gasteiger charge is -2.39. The minimum absolute atomic E-state index is 0.503. The highest BCUT2D eigenvalue weighted by Crippen LogP contribution is 2.26. The SMILES string of the molecule is CCCCCCCC[Si](C)(O[SiH2]C)O[Si](C)(OCC)O[Si](C)(C)C. The third-order valence-corrected chi connectivity index (χ3v) is 16.5. The minimum atomic E-state index is -2.62. The van der Waals surface area contributed by atoms with Gasteiger partial charge in [-0.05, 0) is 39.2 Å². The van der Waals surface area contributed by atoms with Crippen molar-refractivity contribution < 1.29 is 16.8 Å². The molecule has 0 aromatic rings. The van der Waals surface area contributed by atoms with Crippen molar-refractivity contribution in [3.05, 3.63) is 0 Å².